The van der Waals surface area contributed by atoms with Crippen LogP contribution in [0.15, 0.2) is 0 Å². The lowest BCUT2D eigenvalue weighted by molar-refractivity contribution is -0.144. The van der Waals surface area contributed by atoms with Crippen molar-refractivity contribution in [3.05, 3.63) is 0 Å². The van der Waals surface area contributed by atoms with Gasteiger partial charge in [-0.3, -0.25) is 4.79 Å². The Kier molecular flexibility index (Phi) is 4.15. The number of hydrogen-bond donors (Lipinski definition) is 4. The third-order valence-electron chi connectivity index (χ3n) is 3.88. The molecular weight excluding hydrogens is 262 g/mol. The average molecular weight is 283 g/mol. The number of carbonyl (C=O) groups is 3. The number of amides is 3. The number of urea groups is 1. The lowest BCUT2D eigenvalue weighted by Gasteiger charge is -2.26. The van der Waals surface area contributed by atoms with Gasteiger partial charge in [0.25, 0.3) is 0 Å². The highest BCUT2D eigenvalue weighted by Gasteiger charge is 2.42. The monoisotopic (exact) mass is 283 g/mol. The molecule has 7 heteroatoms. The van der Waals surface area contributed by atoms with E-state index in [0.29, 0.717) is 12.8 Å². The van der Waals surface area contributed by atoms with Crippen molar-refractivity contribution in [2.45, 2.75) is 63.1 Å². The molecule has 0 aromatic heterocycles. The molecule has 2 aliphatic rings. The Bertz CT molecular complexity index is 414. The maximum atomic E-state index is 11.9. The molecule has 0 aromatic rings. The molecule has 112 valence electrons. The van der Waals surface area contributed by atoms with Gasteiger partial charge in [0.15, 0.2) is 0 Å². The van der Waals surface area contributed by atoms with E-state index in [-0.39, 0.29) is 11.9 Å². The molecule has 0 aromatic carbocycles. The largest absolute Gasteiger partial charge is 0.480 e. The minimum atomic E-state index is -1.18. The molecule has 0 bridgehead atoms. The topological polar surface area (TPSA) is 108 Å². The van der Waals surface area contributed by atoms with Crippen LogP contribution in [0.3, 0.4) is 0 Å². The number of nitrogens with one attached hydrogen (secondary N) is 3. The van der Waals surface area contributed by atoms with E-state index < -0.39 is 23.6 Å². The zero-order valence-corrected chi connectivity index (χ0v) is 11.6. The van der Waals surface area contributed by atoms with Crippen molar-refractivity contribution < 1.29 is 19.5 Å². The highest BCUT2D eigenvalue weighted by atomic mass is 16.4. The van der Waals surface area contributed by atoms with Crippen molar-refractivity contribution in [1.29, 1.82) is 0 Å². The van der Waals surface area contributed by atoms with E-state index in [1.807, 2.05) is 0 Å². The molecule has 3 amide bonds. The third-order valence-corrected chi connectivity index (χ3v) is 3.88. The minimum absolute atomic E-state index is 0.231. The summed E-state index contributed by atoms with van der Waals surface area (Å²) in [5.74, 6) is -1.25. The van der Waals surface area contributed by atoms with Crippen LogP contribution in [0.2, 0.25) is 0 Å². The number of aliphatic carboxylic acids is 1. The van der Waals surface area contributed by atoms with Crippen molar-refractivity contribution >= 4 is 17.9 Å². The van der Waals surface area contributed by atoms with Crippen molar-refractivity contribution in [2.75, 3.05) is 0 Å². The van der Waals surface area contributed by atoms with Gasteiger partial charge in [0, 0.05) is 6.04 Å². The first-order valence-corrected chi connectivity index (χ1v) is 7.05. The number of rotatable bonds is 5. The maximum Gasteiger partial charge on any atom is 0.329 e. The molecule has 1 atom stereocenters. The molecule has 0 aliphatic heterocycles. The van der Waals surface area contributed by atoms with Gasteiger partial charge in [-0.2, -0.15) is 0 Å². The van der Waals surface area contributed by atoms with Gasteiger partial charge in [-0.25, -0.2) is 9.59 Å². The van der Waals surface area contributed by atoms with Gasteiger partial charge in [-0.1, -0.05) is 12.8 Å². The second-order valence-electron chi connectivity index (χ2n) is 5.70. The van der Waals surface area contributed by atoms with E-state index in [9.17, 15) is 19.5 Å². The second-order valence-corrected chi connectivity index (χ2v) is 5.70. The van der Waals surface area contributed by atoms with Crippen molar-refractivity contribution in [3.63, 3.8) is 0 Å². The Morgan fingerprint density at radius 3 is 2.30 bits per heavy atom. The summed E-state index contributed by atoms with van der Waals surface area (Å²) in [5.41, 5.74) is -1.18. The quantitative estimate of drug-likeness (QED) is 0.584. The molecule has 7 nitrogen and oxygen atoms in total. The summed E-state index contributed by atoms with van der Waals surface area (Å²) in [6.45, 7) is 1.58. The normalized spacial score (nSPS) is 21.9. The Morgan fingerprint density at radius 2 is 1.80 bits per heavy atom. The first kappa shape index (κ1) is 14.6. The Balaban J connectivity index is 1.84. The fraction of sp³-hybridized carbons (Fsp3) is 0.769. The lowest BCUT2D eigenvalue weighted by Crippen LogP contribution is -2.58. The molecule has 1 unspecified atom stereocenters. The Hall–Kier alpha value is -1.79. The van der Waals surface area contributed by atoms with Crippen LogP contribution in [-0.2, 0) is 9.59 Å². The van der Waals surface area contributed by atoms with Crippen molar-refractivity contribution in [3.8, 4) is 0 Å². The molecular formula is C13H21N3O4. The van der Waals surface area contributed by atoms with Crippen molar-refractivity contribution in [2.24, 2.45) is 0 Å². The molecule has 0 radical (unpaired) electrons. The fourth-order valence-corrected chi connectivity index (χ4v) is 2.44. The molecule has 2 saturated carbocycles. The predicted molar refractivity (Wildman–Crippen MR) is 71.1 cm³/mol. The van der Waals surface area contributed by atoms with E-state index in [1.165, 1.54) is 0 Å². The van der Waals surface area contributed by atoms with Gasteiger partial charge >= 0.3 is 12.0 Å². The molecule has 0 spiro atoms. The zero-order chi connectivity index (χ0) is 14.8. The summed E-state index contributed by atoms with van der Waals surface area (Å²) in [6.07, 6.45) is 4.38. The van der Waals surface area contributed by atoms with Crippen LogP contribution in [0.5, 0.6) is 0 Å². The smallest absolute Gasteiger partial charge is 0.329 e. The van der Waals surface area contributed by atoms with Gasteiger partial charge in [0.05, 0.1) is 0 Å². The van der Waals surface area contributed by atoms with E-state index in [1.54, 1.807) is 6.92 Å². The predicted octanol–water partition coefficient (Wildman–Crippen LogP) is 0.350. The molecule has 0 saturated heterocycles. The summed E-state index contributed by atoms with van der Waals surface area (Å²) < 4.78 is 0. The van der Waals surface area contributed by atoms with E-state index >= 15 is 0 Å². The summed E-state index contributed by atoms with van der Waals surface area (Å²) in [5, 5.41) is 17.1. The van der Waals surface area contributed by atoms with Crippen LogP contribution < -0.4 is 16.0 Å². The number of carboxylic acid groups (broad SMARTS) is 1. The van der Waals surface area contributed by atoms with Crippen LogP contribution in [0.4, 0.5) is 4.79 Å². The first-order chi connectivity index (χ1) is 9.43. The van der Waals surface area contributed by atoms with Crippen LogP contribution in [0, 0.1) is 0 Å². The van der Waals surface area contributed by atoms with E-state index in [0.717, 1.165) is 25.7 Å². The number of hydrogen-bond acceptors (Lipinski definition) is 3. The van der Waals surface area contributed by atoms with Crippen LogP contribution in [-0.4, -0.2) is 40.6 Å². The molecule has 20 heavy (non-hydrogen) atoms. The Labute approximate surface area is 117 Å². The molecule has 2 aliphatic carbocycles. The van der Waals surface area contributed by atoms with E-state index in [2.05, 4.69) is 16.0 Å². The van der Waals surface area contributed by atoms with E-state index in [4.69, 9.17) is 0 Å². The van der Waals surface area contributed by atoms with Gasteiger partial charge in [0.2, 0.25) is 5.91 Å². The third kappa shape index (κ3) is 3.40. The lowest BCUT2D eigenvalue weighted by atomic mass is 9.98. The zero-order valence-electron chi connectivity index (χ0n) is 11.6. The minimum Gasteiger partial charge on any atom is -0.480 e. The summed E-state index contributed by atoms with van der Waals surface area (Å²) in [6, 6.07) is -1.05. The van der Waals surface area contributed by atoms with Gasteiger partial charge in [-0.05, 0) is 32.6 Å². The van der Waals surface area contributed by atoms with Gasteiger partial charge in [-0.15, -0.1) is 0 Å². The van der Waals surface area contributed by atoms with Crippen LogP contribution in [0.1, 0.15) is 45.4 Å². The highest BCUT2D eigenvalue weighted by molar-refractivity contribution is 5.90. The van der Waals surface area contributed by atoms with Crippen molar-refractivity contribution in [1.82, 2.24) is 16.0 Å². The Morgan fingerprint density at radius 1 is 1.20 bits per heavy atom. The maximum absolute atomic E-state index is 11.9. The molecule has 4 N–H and O–H groups in total. The standard InChI is InChI=1S/C13H21N3O4/c1-8(10(17)15-9-4-5-9)14-12(20)16-13(11(18)19)6-2-3-7-13/h8-9H,2-7H2,1H3,(H,15,17)(H,18,19)(H2,14,16,20). The first-order valence-electron chi connectivity index (χ1n) is 7.05. The molecule has 2 fully saturated rings. The molecule has 0 heterocycles. The summed E-state index contributed by atoms with van der Waals surface area (Å²) >= 11 is 0. The van der Waals surface area contributed by atoms with Crippen LogP contribution in [0.25, 0.3) is 0 Å². The summed E-state index contributed by atoms with van der Waals surface area (Å²) in [4.78, 5) is 34.9. The SMILES string of the molecule is CC(NC(=O)NC1(C(=O)O)CCCC1)C(=O)NC1CC1. The summed E-state index contributed by atoms with van der Waals surface area (Å²) in [7, 11) is 0. The highest BCUT2D eigenvalue weighted by Crippen LogP contribution is 2.29. The number of carboxylic acids is 1. The molecule has 2 rings (SSSR count). The van der Waals surface area contributed by atoms with Gasteiger partial charge in [0.1, 0.15) is 11.6 Å². The fourth-order valence-electron chi connectivity index (χ4n) is 2.44. The average Bonchev–Trinajstić information content (AvgIpc) is 3.05. The van der Waals surface area contributed by atoms with Crippen LogP contribution >= 0.6 is 0 Å². The second kappa shape index (κ2) is 5.68. The van der Waals surface area contributed by atoms with Gasteiger partial charge < -0.3 is 21.1 Å². The number of carbonyl (C=O) groups excluding carboxylic acids is 2.